The van der Waals surface area contributed by atoms with Gasteiger partial charge in [-0.05, 0) is 12.1 Å². The van der Waals surface area contributed by atoms with Gasteiger partial charge < -0.3 is 25.3 Å². The van der Waals surface area contributed by atoms with Crippen molar-refractivity contribution in [2.75, 3.05) is 38.3 Å². The van der Waals surface area contributed by atoms with Crippen molar-refractivity contribution in [1.29, 1.82) is 0 Å². The fraction of sp³-hybridized carbons (Fsp3) is 0.312. The summed E-state index contributed by atoms with van der Waals surface area (Å²) in [6, 6.07) is 7.35. The maximum Gasteiger partial charge on any atom is 0.183 e. The lowest BCUT2D eigenvalue weighted by Crippen LogP contribution is -2.03. The van der Waals surface area contributed by atoms with Crippen LogP contribution in [0.4, 0.5) is 11.4 Å². The lowest BCUT2D eigenvalue weighted by molar-refractivity contribution is 0.350. The Balaban J connectivity index is 1.91. The summed E-state index contributed by atoms with van der Waals surface area (Å²) in [6.07, 6.45) is 1.71. The van der Waals surface area contributed by atoms with E-state index in [2.05, 4.69) is 10.3 Å². The molecule has 124 valence electrons. The number of ether oxygens (including phenoxy) is 3. The molecule has 0 aliphatic rings. The van der Waals surface area contributed by atoms with Crippen molar-refractivity contribution < 1.29 is 14.2 Å². The quantitative estimate of drug-likeness (QED) is 0.436. The standard InChI is InChI=1S/C16H21N3O3S/c1-20-11-4-5-13(12(17)8-11)19-10-23-9-14-16(22-3)15(21-2)6-7-18-14/h4-8,19H,9-10,17H2,1-3H3. The molecule has 0 saturated heterocycles. The molecule has 1 aromatic heterocycles. The van der Waals surface area contributed by atoms with E-state index in [1.807, 2.05) is 12.1 Å². The SMILES string of the molecule is COc1ccc(NCSCc2nccc(OC)c2OC)c(N)c1. The number of nitrogens with two attached hydrogens (primary N) is 1. The Morgan fingerprint density at radius 3 is 2.61 bits per heavy atom. The van der Waals surface area contributed by atoms with Gasteiger partial charge in [-0.2, -0.15) is 0 Å². The summed E-state index contributed by atoms with van der Waals surface area (Å²) in [7, 11) is 4.85. The van der Waals surface area contributed by atoms with Crippen LogP contribution in [0.3, 0.4) is 0 Å². The lowest BCUT2D eigenvalue weighted by atomic mass is 10.2. The zero-order chi connectivity index (χ0) is 16.7. The fourth-order valence-electron chi connectivity index (χ4n) is 2.06. The van der Waals surface area contributed by atoms with Crippen molar-refractivity contribution >= 4 is 23.1 Å². The third kappa shape index (κ3) is 4.35. The van der Waals surface area contributed by atoms with Crippen LogP contribution in [0.1, 0.15) is 5.69 Å². The Labute approximate surface area is 140 Å². The second-order valence-corrected chi connectivity index (χ2v) is 5.60. The number of nitrogens with zero attached hydrogens (tertiary/aromatic N) is 1. The number of hydrogen-bond acceptors (Lipinski definition) is 7. The average Bonchev–Trinajstić information content (AvgIpc) is 2.59. The van der Waals surface area contributed by atoms with E-state index >= 15 is 0 Å². The first-order chi connectivity index (χ1) is 11.2. The van der Waals surface area contributed by atoms with E-state index in [1.54, 1.807) is 51.4 Å². The Kier molecular flexibility index (Phi) is 6.22. The molecule has 0 amide bonds. The molecule has 0 saturated carbocycles. The van der Waals surface area contributed by atoms with Gasteiger partial charge in [0, 0.05) is 24.1 Å². The molecule has 0 unspecified atom stereocenters. The topological polar surface area (TPSA) is 78.6 Å². The third-order valence-electron chi connectivity index (χ3n) is 3.23. The predicted octanol–water partition coefficient (Wildman–Crippen LogP) is 2.99. The molecule has 6 nitrogen and oxygen atoms in total. The lowest BCUT2D eigenvalue weighted by Gasteiger charge is -2.12. The van der Waals surface area contributed by atoms with Crippen molar-refractivity contribution in [3.63, 3.8) is 0 Å². The minimum absolute atomic E-state index is 0.655. The van der Waals surface area contributed by atoms with Gasteiger partial charge in [0.1, 0.15) is 5.75 Å². The normalized spacial score (nSPS) is 10.2. The Morgan fingerprint density at radius 2 is 1.96 bits per heavy atom. The molecule has 2 aromatic rings. The average molecular weight is 335 g/mol. The molecular weight excluding hydrogens is 314 g/mol. The highest BCUT2D eigenvalue weighted by Crippen LogP contribution is 2.31. The molecule has 2 rings (SSSR count). The summed E-state index contributed by atoms with van der Waals surface area (Å²) in [6.45, 7) is 0. The van der Waals surface area contributed by atoms with Crippen LogP contribution >= 0.6 is 11.8 Å². The third-order valence-corrected chi connectivity index (χ3v) is 4.05. The molecule has 0 fully saturated rings. The highest BCUT2D eigenvalue weighted by Gasteiger charge is 2.10. The van der Waals surface area contributed by atoms with Crippen molar-refractivity contribution in [3.8, 4) is 17.2 Å². The van der Waals surface area contributed by atoms with Crippen LogP contribution in [-0.2, 0) is 5.75 Å². The highest BCUT2D eigenvalue weighted by molar-refractivity contribution is 7.98. The maximum atomic E-state index is 5.97. The Morgan fingerprint density at radius 1 is 1.13 bits per heavy atom. The first-order valence-corrected chi connectivity index (χ1v) is 8.16. The zero-order valence-corrected chi connectivity index (χ0v) is 14.3. The van der Waals surface area contributed by atoms with Gasteiger partial charge in [0.15, 0.2) is 11.5 Å². The van der Waals surface area contributed by atoms with Crippen LogP contribution in [0.15, 0.2) is 30.5 Å². The molecule has 0 aliphatic carbocycles. The summed E-state index contributed by atoms with van der Waals surface area (Å²) in [5.74, 6) is 3.49. The number of benzene rings is 1. The number of thioether (sulfide) groups is 1. The summed E-state index contributed by atoms with van der Waals surface area (Å²) in [5.41, 5.74) is 8.35. The van der Waals surface area contributed by atoms with Gasteiger partial charge in [-0.25, -0.2) is 0 Å². The Hall–Kier alpha value is -2.28. The van der Waals surface area contributed by atoms with Crippen LogP contribution in [-0.4, -0.2) is 32.2 Å². The van der Waals surface area contributed by atoms with Crippen molar-refractivity contribution in [2.45, 2.75) is 5.75 Å². The van der Waals surface area contributed by atoms with Gasteiger partial charge >= 0.3 is 0 Å². The summed E-state index contributed by atoms with van der Waals surface area (Å²) in [4.78, 5) is 4.35. The molecule has 23 heavy (non-hydrogen) atoms. The van der Waals surface area contributed by atoms with Gasteiger partial charge in [-0.3, -0.25) is 4.98 Å². The van der Waals surface area contributed by atoms with Crippen molar-refractivity contribution in [3.05, 3.63) is 36.2 Å². The second-order valence-electron chi connectivity index (χ2n) is 4.62. The van der Waals surface area contributed by atoms with E-state index in [0.717, 1.165) is 17.1 Å². The van der Waals surface area contributed by atoms with E-state index in [1.165, 1.54) is 0 Å². The molecule has 1 aromatic carbocycles. The van der Waals surface area contributed by atoms with Crippen LogP contribution in [0.2, 0.25) is 0 Å². The molecular formula is C16H21N3O3S. The van der Waals surface area contributed by atoms with E-state index in [0.29, 0.717) is 28.8 Å². The van der Waals surface area contributed by atoms with Crippen LogP contribution < -0.4 is 25.3 Å². The minimum Gasteiger partial charge on any atom is -0.497 e. The van der Waals surface area contributed by atoms with Gasteiger partial charge in [0.25, 0.3) is 0 Å². The van der Waals surface area contributed by atoms with Crippen LogP contribution in [0, 0.1) is 0 Å². The summed E-state index contributed by atoms with van der Waals surface area (Å²) >= 11 is 1.67. The molecule has 7 heteroatoms. The van der Waals surface area contributed by atoms with Gasteiger partial charge in [0.05, 0.1) is 44.3 Å². The molecule has 1 heterocycles. The molecule has 0 spiro atoms. The van der Waals surface area contributed by atoms with Crippen LogP contribution in [0.25, 0.3) is 0 Å². The number of aromatic nitrogens is 1. The van der Waals surface area contributed by atoms with Gasteiger partial charge in [-0.15, -0.1) is 11.8 Å². The second kappa shape index (κ2) is 8.38. The first-order valence-electron chi connectivity index (χ1n) is 7.00. The predicted molar refractivity (Wildman–Crippen MR) is 94.5 cm³/mol. The highest BCUT2D eigenvalue weighted by atomic mass is 32.2. The van der Waals surface area contributed by atoms with Gasteiger partial charge in [0.2, 0.25) is 0 Å². The smallest absolute Gasteiger partial charge is 0.183 e. The molecule has 0 atom stereocenters. The first kappa shape index (κ1) is 17.1. The number of hydrogen-bond donors (Lipinski definition) is 2. The summed E-state index contributed by atoms with van der Waals surface area (Å²) < 4.78 is 15.8. The largest absolute Gasteiger partial charge is 0.497 e. The van der Waals surface area contributed by atoms with E-state index in [-0.39, 0.29) is 0 Å². The van der Waals surface area contributed by atoms with E-state index in [9.17, 15) is 0 Å². The maximum absolute atomic E-state index is 5.97. The number of nitrogens with one attached hydrogen (secondary N) is 1. The molecule has 0 radical (unpaired) electrons. The number of rotatable bonds is 8. The summed E-state index contributed by atoms with van der Waals surface area (Å²) in [5, 5.41) is 3.28. The fourth-order valence-corrected chi connectivity index (χ4v) is 2.82. The van der Waals surface area contributed by atoms with Crippen molar-refractivity contribution in [2.24, 2.45) is 0 Å². The number of nitrogen functional groups attached to an aromatic ring is 1. The van der Waals surface area contributed by atoms with E-state index < -0.39 is 0 Å². The number of anilines is 2. The molecule has 0 bridgehead atoms. The Bertz CT molecular complexity index is 652. The zero-order valence-electron chi connectivity index (χ0n) is 13.5. The number of methoxy groups -OCH3 is 3. The number of pyridine rings is 1. The van der Waals surface area contributed by atoms with Crippen LogP contribution in [0.5, 0.6) is 17.2 Å². The monoisotopic (exact) mass is 335 g/mol. The minimum atomic E-state index is 0.655. The molecule has 0 aliphatic heterocycles. The van der Waals surface area contributed by atoms with Gasteiger partial charge in [-0.1, -0.05) is 0 Å². The van der Waals surface area contributed by atoms with Crippen molar-refractivity contribution in [1.82, 2.24) is 4.98 Å². The van der Waals surface area contributed by atoms with E-state index in [4.69, 9.17) is 19.9 Å². The molecule has 3 N–H and O–H groups in total.